The highest BCUT2D eigenvalue weighted by Crippen LogP contribution is 2.39. The number of carbonyl (C=O) groups is 3. The second kappa shape index (κ2) is 10.1. The molecule has 2 aromatic rings. The van der Waals surface area contributed by atoms with Gasteiger partial charge in [-0.15, -0.1) is 0 Å². The zero-order valence-electron chi connectivity index (χ0n) is 20.0. The molecule has 1 heterocycles. The minimum Gasteiger partial charge on any atom is -0.459 e. The molecule has 0 spiro atoms. The molecule has 0 aromatic heterocycles. The van der Waals surface area contributed by atoms with Crippen molar-refractivity contribution >= 4 is 29.2 Å². The van der Waals surface area contributed by atoms with Gasteiger partial charge < -0.3 is 19.7 Å². The third-order valence-corrected chi connectivity index (χ3v) is 5.40. The number of anilines is 2. The van der Waals surface area contributed by atoms with Gasteiger partial charge in [0.15, 0.2) is 0 Å². The highest BCUT2D eigenvalue weighted by molar-refractivity contribution is 5.96. The first-order valence-electron chi connectivity index (χ1n) is 11.3. The van der Waals surface area contributed by atoms with Gasteiger partial charge in [-0.2, -0.15) is 0 Å². The molecule has 7 heteroatoms. The fraction of sp³-hybridized carbons (Fsp3) is 0.423. The van der Waals surface area contributed by atoms with Gasteiger partial charge in [-0.05, 0) is 89.1 Å². The fourth-order valence-corrected chi connectivity index (χ4v) is 4.08. The lowest BCUT2D eigenvalue weighted by molar-refractivity contribution is -0.117. The summed E-state index contributed by atoms with van der Waals surface area (Å²) in [7, 11) is 0. The molecule has 33 heavy (non-hydrogen) atoms. The molecule has 1 aliphatic heterocycles. The topological polar surface area (TPSA) is 84.9 Å². The van der Waals surface area contributed by atoms with Crippen LogP contribution in [0.15, 0.2) is 42.5 Å². The van der Waals surface area contributed by atoms with Crippen LogP contribution in [-0.2, 0) is 14.3 Å². The van der Waals surface area contributed by atoms with Crippen molar-refractivity contribution in [3.05, 3.63) is 59.2 Å². The summed E-state index contributed by atoms with van der Waals surface area (Å²) in [5.74, 6) is -0.807. The highest BCUT2D eigenvalue weighted by Gasteiger charge is 2.33. The van der Waals surface area contributed by atoms with E-state index in [2.05, 4.69) is 5.32 Å². The van der Waals surface area contributed by atoms with Crippen molar-refractivity contribution in [3.8, 4) is 0 Å². The first-order chi connectivity index (χ1) is 15.6. The summed E-state index contributed by atoms with van der Waals surface area (Å²) in [6.45, 7) is 10.8. The van der Waals surface area contributed by atoms with E-state index in [-0.39, 0.29) is 36.2 Å². The largest absolute Gasteiger partial charge is 0.459 e. The third kappa shape index (κ3) is 5.72. The molecule has 1 amide bonds. The van der Waals surface area contributed by atoms with E-state index in [9.17, 15) is 14.4 Å². The van der Waals surface area contributed by atoms with Gasteiger partial charge in [0.05, 0.1) is 29.4 Å². The number of esters is 2. The summed E-state index contributed by atoms with van der Waals surface area (Å²) in [4.78, 5) is 38.7. The molecular weight excluding hydrogens is 420 g/mol. The maximum Gasteiger partial charge on any atom is 0.338 e. The first-order valence-corrected chi connectivity index (χ1v) is 11.3. The van der Waals surface area contributed by atoms with Gasteiger partial charge in [0.25, 0.3) is 0 Å². The number of rotatable bonds is 6. The SMILES string of the molecule is CC(=O)N1c2ccc(C(=O)OC(C)C)cc2[C@H](Nc2ccc(C(=O)OC(C)C)cc2)C[C@@H]1C. The predicted molar refractivity (Wildman–Crippen MR) is 128 cm³/mol. The van der Waals surface area contributed by atoms with Crippen molar-refractivity contribution in [2.45, 2.75) is 72.3 Å². The van der Waals surface area contributed by atoms with Crippen LogP contribution in [-0.4, -0.2) is 36.1 Å². The summed E-state index contributed by atoms with van der Waals surface area (Å²) in [6.07, 6.45) is 0.250. The van der Waals surface area contributed by atoms with E-state index in [0.717, 1.165) is 16.9 Å². The molecule has 0 saturated heterocycles. The zero-order chi connectivity index (χ0) is 24.3. The lowest BCUT2D eigenvalue weighted by Crippen LogP contribution is -2.43. The maximum absolute atomic E-state index is 12.5. The van der Waals surface area contributed by atoms with E-state index in [4.69, 9.17) is 9.47 Å². The Balaban J connectivity index is 1.91. The molecule has 1 aliphatic rings. The van der Waals surface area contributed by atoms with Crippen LogP contribution in [0.2, 0.25) is 0 Å². The van der Waals surface area contributed by atoms with Crippen molar-refractivity contribution in [3.63, 3.8) is 0 Å². The summed E-state index contributed by atoms with van der Waals surface area (Å²) in [6, 6.07) is 12.2. The van der Waals surface area contributed by atoms with Gasteiger partial charge in [0, 0.05) is 24.3 Å². The monoisotopic (exact) mass is 452 g/mol. The number of hydrogen-bond donors (Lipinski definition) is 1. The summed E-state index contributed by atoms with van der Waals surface area (Å²) < 4.78 is 10.6. The zero-order valence-corrected chi connectivity index (χ0v) is 20.0. The van der Waals surface area contributed by atoms with Crippen LogP contribution in [0.25, 0.3) is 0 Å². The number of benzene rings is 2. The fourth-order valence-electron chi connectivity index (χ4n) is 4.08. The number of carbonyl (C=O) groups excluding carboxylic acids is 3. The smallest absolute Gasteiger partial charge is 0.338 e. The van der Waals surface area contributed by atoms with Crippen LogP contribution in [0.5, 0.6) is 0 Å². The van der Waals surface area contributed by atoms with Crippen LogP contribution in [0.1, 0.15) is 80.3 Å². The van der Waals surface area contributed by atoms with Crippen LogP contribution >= 0.6 is 0 Å². The molecule has 0 fully saturated rings. The van der Waals surface area contributed by atoms with Crippen molar-refractivity contribution in [1.29, 1.82) is 0 Å². The van der Waals surface area contributed by atoms with Crippen LogP contribution in [0.3, 0.4) is 0 Å². The molecule has 0 aliphatic carbocycles. The predicted octanol–water partition coefficient (Wildman–Crippen LogP) is 5.12. The lowest BCUT2D eigenvalue weighted by atomic mass is 9.90. The standard InChI is InChI=1S/C26H32N2O5/c1-15(2)32-25(30)19-7-10-21(11-8-19)27-23-13-17(5)28(18(6)29)24-12-9-20(14-22(23)24)26(31)33-16(3)4/h7-12,14-17,23,27H,13H2,1-6H3/t17-,23+/m0/s1. The maximum atomic E-state index is 12.5. The summed E-state index contributed by atoms with van der Waals surface area (Å²) >= 11 is 0. The lowest BCUT2D eigenvalue weighted by Gasteiger charge is -2.39. The van der Waals surface area contributed by atoms with E-state index in [1.807, 2.05) is 39.0 Å². The Morgan fingerprint density at radius 2 is 1.45 bits per heavy atom. The molecule has 0 radical (unpaired) electrons. The quantitative estimate of drug-likeness (QED) is 0.613. The van der Waals surface area contributed by atoms with Crippen molar-refractivity contribution in [1.82, 2.24) is 0 Å². The van der Waals surface area contributed by atoms with Gasteiger partial charge in [-0.1, -0.05) is 0 Å². The highest BCUT2D eigenvalue weighted by atomic mass is 16.5. The molecule has 1 N–H and O–H groups in total. The van der Waals surface area contributed by atoms with Gasteiger partial charge in [-0.3, -0.25) is 4.79 Å². The molecular formula is C26H32N2O5. The van der Waals surface area contributed by atoms with E-state index in [1.54, 1.807) is 49.9 Å². The van der Waals surface area contributed by atoms with Crippen molar-refractivity contribution in [2.24, 2.45) is 0 Å². The summed E-state index contributed by atoms with van der Waals surface area (Å²) in [5.41, 5.74) is 3.37. The normalized spacial score (nSPS) is 17.5. The minimum atomic E-state index is -0.396. The molecule has 0 saturated carbocycles. The Bertz CT molecular complexity index is 1030. The number of hydrogen-bond acceptors (Lipinski definition) is 6. The first kappa shape index (κ1) is 24.3. The van der Waals surface area contributed by atoms with E-state index >= 15 is 0 Å². The van der Waals surface area contributed by atoms with E-state index in [0.29, 0.717) is 17.5 Å². The van der Waals surface area contributed by atoms with E-state index < -0.39 is 5.97 Å². The number of nitrogens with zero attached hydrogens (tertiary/aromatic N) is 1. The van der Waals surface area contributed by atoms with Crippen LogP contribution < -0.4 is 10.2 Å². The van der Waals surface area contributed by atoms with Gasteiger partial charge >= 0.3 is 11.9 Å². The number of ether oxygens (including phenoxy) is 2. The van der Waals surface area contributed by atoms with E-state index in [1.165, 1.54) is 0 Å². The Kier molecular flexibility index (Phi) is 7.41. The Morgan fingerprint density at radius 1 is 0.909 bits per heavy atom. The Labute approximate surface area is 195 Å². The molecule has 3 rings (SSSR count). The second-order valence-electron chi connectivity index (χ2n) is 8.93. The minimum absolute atomic E-state index is 0.0266. The van der Waals surface area contributed by atoms with Gasteiger partial charge in [0.2, 0.25) is 5.91 Å². The van der Waals surface area contributed by atoms with Gasteiger partial charge in [-0.25, -0.2) is 9.59 Å². The molecule has 0 bridgehead atoms. The molecule has 0 unspecified atom stereocenters. The van der Waals surface area contributed by atoms with Crippen molar-refractivity contribution in [2.75, 3.05) is 10.2 Å². The van der Waals surface area contributed by atoms with Gasteiger partial charge in [0.1, 0.15) is 0 Å². The second-order valence-corrected chi connectivity index (χ2v) is 8.93. The number of nitrogens with one attached hydrogen (secondary N) is 1. The van der Waals surface area contributed by atoms with Crippen molar-refractivity contribution < 1.29 is 23.9 Å². The average molecular weight is 453 g/mol. The average Bonchev–Trinajstić information content (AvgIpc) is 2.72. The Morgan fingerprint density at radius 3 is 2.00 bits per heavy atom. The number of amides is 1. The van der Waals surface area contributed by atoms with Crippen LogP contribution in [0, 0.1) is 0 Å². The number of fused-ring (bicyclic) bond motifs is 1. The third-order valence-electron chi connectivity index (χ3n) is 5.40. The summed E-state index contributed by atoms with van der Waals surface area (Å²) in [5, 5.41) is 3.50. The van der Waals surface area contributed by atoms with Crippen LogP contribution in [0.4, 0.5) is 11.4 Å². The Hall–Kier alpha value is -3.35. The molecule has 2 atom stereocenters. The molecule has 7 nitrogen and oxygen atoms in total. The molecule has 176 valence electrons. The molecule has 2 aromatic carbocycles.